The van der Waals surface area contributed by atoms with E-state index in [-0.39, 0.29) is 0 Å². The maximum atomic E-state index is 10.3. The molecule has 2 heterocycles. The number of rotatable bonds is 5. The van der Waals surface area contributed by atoms with Crippen LogP contribution in [0.3, 0.4) is 0 Å². The van der Waals surface area contributed by atoms with Gasteiger partial charge >= 0.3 is 144 Å². The van der Waals surface area contributed by atoms with E-state index < -0.39 is 5.60 Å². The number of para-hydroxylation sites is 1. The fraction of sp³-hybridized carbons (Fsp3) is 0.412. The van der Waals surface area contributed by atoms with Crippen molar-refractivity contribution < 1.29 is 9.84 Å². The Balaban J connectivity index is 2.32. The van der Waals surface area contributed by atoms with Gasteiger partial charge in [0.2, 0.25) is 0 Å². The van der Waals surface area contributed by atoms with Gasteiger partial charge in [0.25, 0.3) is 0 Å². The number of aliphatic hydroxyl groups is 1. The standard InChI is InChI=1S/C17H20AsN3O2/c1-17(2,22)10-21-13(8-9-23-3)20-14-15(21)11-6-4-5-7-12(11)19-16(14)18/h4-7,22H,8-10H2,1-3H3. The number of aromatic nitrogens is 3. The molecule has 2 aromatic heterocycles. The molecule has 0 spiro atoms. The van der Waals surface area contributed by atoms with Crippen molar-refractivity contribution in [2.24, 2.45) is 0 Å². The molecule has 120 valence electrons. The van der Waals surface area contributed by atoms with E-state index in [9.17, 15) is 5.11 Å². The average molecular weight is 373 g/mol. The van der Waals surface area contributed by atoms with Gasteiger partial charge in [-0.05, 0) is 0 Å². The molecular formula is C17H20AsN3O2. The molecule has 0 atom stereocenters. The number of pyridine rings is 1. The summed E-state index contributed by atoms with van der Waals surface area (Å²) >= 11 is 2.50. The van der Waals surface area contributed by atoms with Crippen LogP contribution in [0, 0.1) is 0 Å². The molecule has 1 aromatic carbocycles. The number of hydrogen-bond donors (Lipinski definition) is 1. The third-order valence-electron chi connectivity index (χ3n) is 3.72. The van der Waals surface area contributed by atoms with Gasteiger partial charge in [-0.1, -0.05) is 0 Å². The van der Waals surface area contributed by atoms with Gasteiger partial charge in [0.1, 0.15) is 0 Å². The Morgan fingerprint density at radius 1 is 1.26 bits per heavy atom. The number of nitrogens with zero attached hydrogens (tertiary/aromatic N) is 3. The Morgan fingerprint density at radius 3 is 2.70 bits per heavy atom. The molecule has 3 rings (SSSR count). The number of imidazole rings is 1. The molecule has 0 aliphatic carbocycles. The Kier molecular flexibility index (Phi) is 4.45. The average Bonchev–Trinajstić information content (AvgIpc) is 2.83. The summed E-state index contributed by atoms with van der Waals surface area (Å²) in [6.07, 6.45) is 0.696. The molecular weight excluding hydrogens is 353 g/mol. The summed E-state index contributed by atoms with van der Waals surface area (Å²) in [4.78, 5) is 9.42. The summed E-state index contributed by atoms with van der Waals surface area (Å²) < 4.78 is 8.16. The van der Waals surface area contributed by atoms with E-state index in [2.05, 4.69) is 32.5 Å². The molecule has 0 bridgehead atoms. The van der Waals surface area contributed by atoms with E-state index in [4.69, 9.17) is 9.72 Å². The Bertz CT molecular complexity index is 852. The van der Waals surface area contributed by atoms with Crippen LogP contribution >= 0.6 is 0 Å². The first-order valence-corrected chi connectivity index (χ1v) is 8.52. The third kappa shape index (κ3) is 3.27. The van der Waals surface area contributed by atoms with Crippen molar-refractivity contribution in [1.29, 1.82) is 0 Å². The molecule has 0 amide bonds. The van der Waals surface area contributed by atoms with E-state index in [1.54, 1.807) is 7.11 Å². The molecule has 0 fully saturated rings. The van der Waals surface area contributed by atoms with Crippen LogP contribution in [0.4, 0.5) is 0 Å². The molecule has 2 radical (unpaired) electrons. The zero-order valence-electron chi connectivity index (χ0n) is 13.6. The quantitative estimate of drug-likeness (QED) is 0.686. The van der Waals surface area contributed by atoms with Crippen LogP contribution in [0.15, 0.2) is 24.3 Å². The van der Waals surface area contributed by atoms with Gasteiger partial charge in [-0.25, -0.2) is 0 Å². The Morgan fingerprint density at radius 2 is 2.00 bits per heavy atom. The van der Waals surface area contributed by atoms with Gasteiger partial charge in [0, 0.05) is 0 Å². The van der Waals surface area contributed by atoms with Crippen LogP contribution in [0.1, 0.15) is 19.7 Å². The molecule has 6 heteroatoms. The van der Waals surface area contributed by atoms with Crippen molar-refractivity contribution in [2.45, 2.75) is 32.4 Å². The van der Waals surface area contributed by atoms with Crippen molar-refractivity contribution in [1.82, 2.24) is 14.5 Å². The van der Waals surface area contributed by atoms with Gasteiger partial charge in [-0.15, -0.1) is 0 Å². The van der Waals surface area contributed by atoms with E-state index in [0.29, 0.717) is 19.6 Å². The molecule has 0 aliphatic heterocycles. The first-order valence-electron chi connectivity index (χ1n) is 7.59. The van der Waals surface area contributed by atoms with Crippen LogP contribution < -0.4 is 4.48 Å². The first kappa shape index (κ1) is 16.4. The second-order valence-electron chi connectivity index (χ2n) is 6.32. The molecule has 0 saturated heterocycles. The van der Waals surface area contributed by atoms with Gasteiger partial charge in [0.15, 0.2) is 0 Å². The van der Waals surface area contributed by atoms with Gasteiger partial charge in [-0.2, -0.15) is 0 Å². The normalized spacial score (nSPS) is 12.4. The second kappa shape index (κ2) is 6.23. The van der Waals surface area contributed by atoms with Gasteiger partial charge in [-0.3, -0.25) is 0 Å². The minimum atomic E-state index is -0.831. The Hall–Kier alpha value is -1.42. The Labute approximate surface area is 144 Å². The summed E-state index contributed by atoms with van der Waals surface area (Å²) in [6, 6.07) is 8.04. The molecule has 0 unspecified atom stereocenters. The molecule has 1 N–H and O–H groups in total. The first-order chi connectivity index (χ1) is 10.9. The summed E-state index contributed by atoms with van der Waals surface area (Å²) in [5, 5.41) is 11.4. The molecule has 0 aliphatic rings. The van der Waals surface area contributed by atoms with Crippen LogP contribution in [0.2, 0.25) is 0 Å². The second-order valence-corrected chi connectivity index (χ2v) is 7.21. The number of fused-ring (bicyclic) bond motifs is 3. The van der Waals surface area contributed by atoms with E-state index in [1.165, 1.54) is 0 Å². The number of ether oxygens (including phenoxy) is 1. The third-order valence-corrected chi connectivity index (χ3v) is 4.37. The number of hydrogen-bond acceptors (Lipinski definition) is 4. The van der Waals surface area contributed by atoms with Crippen molar-refractivity contribution >= 4 is 43.3 Å². The zero-order valence-corrected chi connectivity index (χ0v) is 15.5. The fourth-order valence-corrected chi connectivity index (χ4v) is 3.36. The summed E-state index contributed by atoms with van der Waals surface area (Å²) in [5.41, 5.74) is 2.01. The maximum absolute atomic E-state index is 10.3. The van der Waals surface area contributed by atoms with Crippen LogP contribution in [0.25, 0.3) is 21.9 Å². The summed E-state index contributed by atoms with van der Waals surface area (Å²) in [7, 11) is 1.68. The molecule has 0 saturated carbocycles. The van der Waals surface area contributed by atoms with Crippen molar-refractivity contribution in [3.8, 4) is 0 Å². The van der Waals surface area contributed by atoms with Crippen molar-refractivity contribution in [3.05, 3.63) is 30.1 Å². The van der Waals surface area contributed by atoms with Gasteiger partial charge < -0.3 is 0 Å². The van der Waals surface area contributed by atoms with Crippen LogP contribution in [0.5, 0.6) is 0 Å². The predicted octanol–water partition coefficient (Wildman–Crippen LogP) is 1.34. The minimum absolute atomic E-state index is 0.475. The van der Waals surface area contributed by atoms with Crippen molar-refractivity contribution in [2.75, 3.05) is 13.7 Å². The predicted molar refractivity (Wildman–Crippen MR) is 92.3 cm³/mol. The number of methoxy groups -OCH3 is 1. The summed E-state index contributed by atoms with van der Waals surface area (Å²) in [5.74, 6) is 0.912. The van der Waals surface area contributed by atoms with E-state index in [0.717, 1.165) is 32.2 Å². The zero-order chi connectivity index (χ0) is 16.6. The van der Waals surface area contributed by atoms with E-state index >= 15 is 0 Å². The number of benzene rings is 1. The van der Waals surface area contributed by atoms with Crippen LogP contribution in [-0.2, 0) is 17.7 Å². The molecule has 5 nitrogen and oxygen atoms in total. The molecule has 3 aromatic rings. The van der Waals surface area contributed by atoms with E-state index in [1.807, 2.05) is 32.0 Å². The topological polar surface area (TPSA) is 60.2 Å². The fourth-order valence-electron chi connectivity index (χ4n) is 2.81. The van der Waals surface area contributed by atoms with Crippen LogP contribution in [-0.4, -0.2) is 55.8 Å². The van der Waals surface area contributed by atoms with Crippen molar-refractivity contribution in [3.63, 3.8) is 0 Å². The van der Waals surface area contributed by atoms with Gasteiger partial charge in [0.05, 0.1) is 0 Å². The molecule has 23 heavy (non-hydrogen) atoms. The SMILES string of the molecule is COCCc1nc2c([As])nc3ccccc3c2n1CC(C)(C)O. The summed E-state index contributed by atoms with van der Waals surface area (Å²) in [6.45, 7) is 4.69. The monoisotopic (exact) mass is 373 g/mol.